The number of piperidine rings is 1. The maximum Gasteiger partial charge on any atom is 0.0414 e. The molecular weight excluding hydrogens is 256 g/mol. The molecule has 1 aliphatic carbocycles. The van der Waals surface area contributed by atoms with Gasteiger partial charge in [0.2, 0.25) is 0 Å². The van der Waals surface area contributed by atoms with E-state index < -0.39 is 0 Å². The maximum atomic E-state index is 6.61. The summed E-state index contributed by atoms with van der Waals surface area (Å²) in [5, 5.41) is 0. The summed E-state index contributed by atoms with van der Waals surface area (Å²) in [5.41, 5.74) is 9.39. The molecule has 1 aromatic rings. The lowest BCUT2D eigenvalue weighted by molar-refractivity contribution is 0.319. The molecule has 116 valence electrons. The van der Waals surface area contributed by atoms with E-state index in [-0.39, 0.29) is 6.04 Å². The molecule has 0 unspecified atom stereocenters. The van der Waals surface area contributed by atoms with Crippen molar-refractivity contribution in [3.63, 3.8) is 0 Å². The van der Waals surface area contributed by atoms with Crippen molar-refractivity contribution in [2.75, 3.05) is 18.0 Å². The minimum Gasteiger partial charge on any atom is -0.371 e. The van der Waals surface area contributed by atoms with Crippen LogP contribution in [-0.2, 0) is 0 Å². The zero-order valence-corrected chi connectivity index (χ0v) is 13.3. The minimum atomic E-state index is 0.214. The molecule has 2 nitrogen and oxygen atoms in total. The van der Waals surface area contributed by atoms with Crippen LogP contribution >= 0.6 is 0 Å². The van der Waals surface area contributed by atoms with Gasteiger partial charge in [0.15, 0.2) is 0 Å². The normalized spacial score (nSPS) is 22.2. The third kappa shape index (κ3) is 3.79. The Kier molecular flexibility index (Phi) is 5.18. The van der Waals surface area contributed by atoms with Crippen LogP contribution in [0.25, 0.3) is 0 Å². The maximum absolute atomic E-state index is 6.61. The SMILES string of the molecule is N[C@@H](CC1CCCCC1)c1ccccc1N1CCCCC1. The molecule has 1 heterocycles. The van der Waals surface area contributed by atoms with E-state index in [0.29, 0.717) is 0 Å². The number of hydrogen-bond acceptors (Lipinski definition) is 2. The number of rotatable bonds is 4. The molecule has 1 atom stereocenters. The number of hydrogen-bond donors (Lipinski definition) is 1. The summed E-state index contributed by atoms with van der Waals surface area (Å²) in [6.07, 6.45) is 12.2. The lowest BCUT2D eigenvalue weighted by Gasteiger charge is -2.33. The third-order valence-electron chi connectivity index (χ3n) is 5.34. The van der Waals surface area contributed by atoms with E-state index in [2.05, 4.69) is 29.2 Å². The summed E-state index contributed by atoms with van der Waals surface area (Å²) in [6.45, 7) is 2.40. The average Bonchev–Trinajstić information content (AvgIpc) is 2.56. The molecule has 21 heavy (non-hydrogen) atoms. The van der Waals surface area contributed by atoms with Gasteiger partial charge in [-0.05, 0) is 43.2 Å². The van der Waals surface area contributed by atoms with Crippen molar-refractivity contribution >= 4 is 5.69 Å². The van der Waals surface area contributed by atoms with Crippen LogP contribution in [0.4, 0.5) is 5.69 Å². The van der Waals surface area contributed by atoms with Crippen molar-refractivity contribution in [3.05, 3.63) is 29.8 Å². The Morgan fingerprint density at radius 3 is 2.38 bits per heavy atom. The van der Waals surface area contributed by atoms with Gasteiger partial charge < -0.3 is 10.6 Å². The number of para-hydroxylation sites is 1. The van der Waals surface area contributed by atoms with Crippen LogP contribution < -0.4 is 10.6 Å². The molecule has 0 spiro atoms. The zero-order chi connectivity index (χ0) is 14.5. The topological polar surface area (TPSA) is 29.3 Å². The molecule has 1 aliphatic heterocycles. The first kappa shape index (κ1) is 14.9. The van der Waals surface area contributed by atoms with Crippen LogP contribution in [0.5, 0.6) is 0 Å². The lowest BCUT2D eigenvalue weighted by Crippen LogP contribution is -2.31. The van der Waals surface area contributed by atoms with E-state index in [0.717, 1.165) is 5.92 Å². The van der Waals surface area contributed by atoms with Crippen molar-refractivity contribution in [2.45, 2.75) is 63.8 Å². The van der Waals surface area contributed by atoms with Crippen molar-refractivity contribution in [3.8, 4) is 0 Å². The van der Waals surface area contributed by atoms with Gasteiger partial charge in [-0.15, -0.1) is 0 Å². The van der Waals surface area contributed by atoms with E-state index in [1.165, 1.54) is 82.1 Å². The van der Waals surface area contributed by atoms with Gasteiger partial charge in [0.05, 0.1) is 0 Å². The van der Waals surface area contributed by atoms with Gasteiger partial charge in [0.25, 0.3) is 0 Å². The summed E-state index contributed by atoms with van der Waals surface area (Å²) in [7, 11) is 0. The minimum absolute atomic E-state index is 0.214. The van der Waals surface area contributed by atoms with Gasteiger partial charge in [0, 0.05) is 24.8 Å². The first-order valence-electron chi connectivity index (χ1n) is 8.94. The Balaban J connectivity index is 1.70. The Hall–Kier alpha value is -1.02. The van der Waals surface area contributed by atoms with E-state index in [9.17, 15) is 0 Å². The largest absolute Gasteiger partial charge is 0.371 e. The molecule has 2 fully saturated rings. The molecule has 0 bridgehead atoms. The van der Waals surface area contributed by atoms with Gasteiger partial charge in [-0.1, -0.05) is 50.3 Å². The number of benzene rings is 1. The molecule has 2 aliphatic rings. The highest BCUT2D eigenvalue weighted by atomic mass is 15.1. The van der Waals surface area contributed by atoms with Gasteiger partial charge in [-0.3, -0.25) is 0 Å². The highest BCUT2D eigenvalue weighted by Crippen LogP contribution is 2.34. The Morgan fingerprint density at radius 2 is 1.62 bits per heavy atom. The molecule has 1 saturated heterocycles. The van der Waals surface area contributed by atoms with E-state index in [4.69, 9.17) is 5.73 Å². The fourth-order valence-electron chi connectivity index (χ4n) is 4.13. The van der Waals surface area contributed by atoms with E-state index in [1.807, 2.05) is 0 Å². The Labute approximate surface area is 129 Å². The molecule has 2 heteroatoms. The fourth-order valence-corrected chi connectivity index (χ4v) is 4.13. The summed E-state index contributed by atoms with van der Waals surface area (Å²) in [4.78, 5) is 2.56. The molecule has 1 aromatic carbocycles. The van der Waals surface area contributed by atoms with Crippen molar-refractivity contribution < 1.29 is 0 Å². The Morgan fingerprint density at radius 1 is 0.952 bits per heavy atom. The smallest absolute Gasteiger partial charge is 0.0414 e. The van der Waals surface area contributed by atoms with Gasteiger partial charge in [-0.25, -0.2) is 0 Å². The quantitative estimate of drug-likeness (QED) is 0.873. The predicted octanol–water partition coefficient (Wildman–Crippen LogP) is 4.65. The highest BCUT2D eigenvalue weighted by molar-refractivity contribution is 5.55. The van der Waals surface area contributed by atoms with Crippen molar-refractivity contribution in [1.82, 2.24) is 0 Å². The van der Waals surface area contributed by atoms with Gasteiger partial charge in [0.1, 0.15) is 0 Å². The molecule has 0 radical (unpaired) electrons. The van der Waals surface area contributed by atoms with Crippen LogP contribution in [0.3, 0.4) is 0 Å². The molecule has 0 aromatic heterocycles. The fraction of sp³-hybridized carbons (Fsp3) is 0.684. The standard InChI is InChI=1S/C19H30N2/c20-18(15-16-9-3-1-4-10-16)17-11-5-6-12-19(17)21-13-7-2-8-14-21/h5-6,11-12,16,18H,1-4,7-10,13-15,20H2/t18-/m0/s1. The first-order chi connectivity index (χ1) is 10.3. The second kappa shape index (κ2) is 7.31. The second-order valence-corrected chi connectivity index (χ2v) is 6.95. The second-order valence-electron chi connectivity index (χ2n) is 6.95. The highest BCUT2D eigenvalue weighted by Gasteiger charge is 2.21. The molecule has 0 amide bonds. The van der Waals surface area contributed by atoms with Crippen LogP contribution in [0, 0.1) is 5.92 Å². The Bertz CT molecular complexity index is 431. The van der Waals surface area contributed by atoms with Crippen LogP contribution in [0.15, 0.2) is 24.3 Å². The van der Waals surface area contributed by atoms with Crippen molar-refractivity contribution in [1.29, 1.82) is 0 Å². The lowest BCUT2D eigenvalue weighted by atomic mass is 9.83. The number of nitrogens with zero attached hydrogens (tertiary/aromatic N) is 1. The van der Waals surface area contributed by atoms with Crippen LogP contribution in [0.1, 0.15) is 69.4 Å². The summed E-state index contributed by atoms with van der Waals surface area (Å²) >= 11 is 0. The summed E-state index contributed by atoms with van der Waals surface area (Å²) in [5.74, 6) is 0.850. The number of anilines is 1. The van der Waals surface area contributed by atoms with Gasteiger partial charge >= 0.3 is 0 Å². The van der Waals surface area contributed by atoms with Gasteiger partial charge in [-0.2, -0.15) is 0 Å². The molecule has 2 N–H and O–H groups in total. The summed E-state index contributed by atoms with van der Waals surface area (Å²) < 4.78 is 0. The molecular formula is C19H30N2. The molecule has 1 saturated carbocycles. The monoisotopic (exact) mass is 286 g/mol. The summed E-state index contributed by atoms with van der Waals surface area (Å²) in [6, 6.07) is 9.08. The average molecular weight is 286 g/mol. The third-order valence-corrected chi connectivity index (χ3v) is 5.34. The first-order valence-corrected chi connectivity index (χ1v) is 8.94. The van der Waals surface area contributed by atoms with Crippen molar-refractivity contribution in [2.24, 2.45) is 11.7 Å². The van der Waals surface area contributed by atoms with Crippen LogP contribution in [0.2, 0.25) is 0 Å². The number of nitrogens with two attached hydrogens (primary N) is 1. The van der Waals surface area contributed by atoms with Crippen LogP contribution in [-0.4, -0.2) is 13.1 Å². The van der Waals surface area contributed by atoms with E-state index >= 15 is 0 Å². The van der Waals surface area contributed by atoms with E-state index in [1.54, 1.807) is 0 Å². The predicted molar refractivity (Wildman–Crippen MR) is 90.6 cm³/mol. The zero-order valence-electron chi connectivity index (χ0n) is 13.3. The molecule has 3 rings (SSSR count).